The second-order valence-corrected chi connectivity index (χ2v) is 17.7. The minimum Gasteiger partial charge on any atom is -0.309 e. The van der Waals surface area contributed by atoms with Crippen molar-refractivity contribution in [3.63, 3.8) is 0 Å². The molecule has 1 atom stereocenters. The van der Waals surface area contributed by atoms with Gasteiger partial charge in [-0.25, -0.2) is 0 Å². The lowest BCUT2D eigenvalue weighted by atomic mass is 9.87. The van der Waals surface area contributed by atoms with Crippen molar-refractivity contribution in [2.45, 2.75) is 98.3 Å². The Hall–Kier alpha value is -5.34. The molecule has 0 aliphatic heterocycles. The van der Waals surface area contributed by atoms with Crippen LogP contribution in [0.25, 0.3) is 21.5 Å². The molecule has 0 fully saturated rings. The second kappa shape index (κ2) is 15.1. The maximum Gasteiger partial charge on any atom is 0.0619 e. The number of nitrogens with zero attached hydrogens (tertiary/aromatic N) is 2. The molecule has 0 radical (unpaired) electrons. The Balaban J connectivity index is 1.54. The van der Waals surface area contributed by atoms with Gasteiger partial charge in [-0.05, 0) is 99.9 Å². The summed E-state index contributed by atoms with van der Waals surface area (Å²) < 4.78 is 0. The summed E-state index contributed by atoms with van der Waals surface area (Å²) in [5, 5.41) is 4.82. The number of hydrogen-bond donors (Lipinski definition) is 0. The van der Waals surface area contributed by atoms with Crippen molar-refractivity contribution in [3.05, 3.63) is 168 Å². The van der Waals surface area contributed by atoms with Crippen LogP contribution in [-0.2, 0) is 10.8 Å². The first kappa shape index (κ1) is 38.0. The fourth-order valence-corrected chi connectivity index (χ4v) is 7.80. The van der Waals surface area contributed by atoms with Crippen molar-refractivity contribution in [1.29, 1.82) is 0 Å². The Labute approximate surface area is 330 Å². The molecule has 0 aliphatic rings. The van der Waals surface area contributed by atoms with E-state index in [2.05, 4.69) is 225 Å². The normalized spacial score (nSPS) is 12.7. The Morgan fingerprint density at radius 2 is 0.691 bits per heavy atom. The van der Waals surface area contributed by atoms with E-state index in [0.717, 1.165) is 29.2 Å². The van der Waals surface area contributed by atoms with E-state index >= 15 is 0 Å². The molecule has 0 saturated carbocycles. The average molecular weight is 723 g/mol. The zero-order chi connectivity index (χ0) is 39.1. The molecule has 7 aromatic rings. The Bertz CT molecular complexity index is 2330. The lowest BCUT2D eigenvalue weighted by Crippen LogP contribution is -2.16. The molecule has 7 rings (SSSR count). The molecule has 2 nitrogen and oxygen atoms in total. The molecule has 0 spiro atoms. The van der Waals surface area contributed by atoms with Crippen LogP contribution in [0.5, 0.6) is 0 Å². The van der Waals surface area contributed by atoms with E-state index in [1.165, 1.54) is 55.2 Å². The maximum absolute atomic E-state index is 2.49. The number of fused-ring (bicyclic) bond motifs is 2. The third kappa shape index (κ3) is 7.52. The molecule has 55 heavy (non-hydrogen) atoms. The van der Waals surface area contributed by atoms with E-state index in [0.29, 0.717) is 11.8 Å². The van der Waals surface area contributed by atoms with Gasteiger partial charge in [-0.3, -0.25) is 0 Å². The molecule has 0 bridgehead atoms. The number of benzene rings is 7. The highest BCUT2D eigenvalue weighted by Crippen LogP contribution is 2.51. The summed E-state index contributed by atoms with van der Waals surface area (Å²) in [5.41, 5.74) is 12.4. The SMILES string of the molecule is CCC(C)c1ccc(N(c2ccc(C(C)(C)C)cc2)c2c3ccccc3c(N(c3ccc(C(C)C)cc3)c3ccc(C(C)(C)C)cc3)c3ccccc23)cc1. The molecule has 0 N–H and O–H groups in total. The van der Waals surface area contributed by atoms with Gasteiger partial charge in [0.25, 0.3) is 0 Å². The van der Waals surface area contributed by atoms with Gasteiger partial charge in [0.1, 0.15) is 0 Å². The summed E-state index contributed by atoms with van der Waals surface area (Å²) in [6.45, 7) is 22.8. The van der Waals surface area contributed by atoms with Crippen LogP contribution in [0.4, 0.5) is 34.1 Å². The van der Waals surface area contributed by atoms with Gasteiger partial charge < -0.3 is 9.80 Å². The smallest absolute Gasteiger partial charge is 0.0619 e. The molecule has 0 saturated heterocycles. The topological polar surface area (TPSA) is 6.48 Å². The molecule has 2 heteroatoms. The minimum absolute atomic E-state index is 0.0598. The van der Waals surface area contributed by atoms with Gasteiger partial charge in [-0.1, -0.05) is 166 Å². The molecule has 7 aromatic carbocycles. The van der Waals surface area contributed by atoms with Crippen LogP contribution >= 0.6 is 0 Å². The van der Waals surface area contributed by atoms with Crippen molar-refractivity contribution in [3.8, 4) is 0 Å². The highest BCUT2D eigenvalue weighted by atomic mass is 15.2. The highest BCUT2D eigenvalue weighted by Gasteiger charge is 2.26. The first-order chi connectivity index (χ1) is 26.3. The summed E-state index contributed by atoms with van der Waals surface area (Å²) >= 11 is 0. The lowest BCUT2D eigenvalue weighted by Gasteiger charge is -2.33. The largest absolute Gasteiger partial charge is 0.309 e. The zero-order valence-corrected chi connectivity index (χ0v) is 34.6. The molecule has 0 aromatic heterocycles. The van der Waals surface area contributed by atoms with Crippen molar-refractivity contribution in [2.75, 3.05) is 9.80 Å². The van der Waals surface area contributed by atoms with Gasteiger partial charge >= 0.3 is 0 Å². The molecule has 280 valence electrons. The van der Waals surface area contributed by atoms with Crippen LogP contribution in [0.15, 0.2) is 146 Å². The summed E-state index contributed by atoms with van der Waals surface area (Å²) in [4.78, 5) is 4.97. The average Bonchev–Trinajstić information content (AvgIpc) is 3.18. The number of rotatable bonds is 9. The van der Waals surface area contributed by atoms with E-state index in [-0.39, 0.29) is 10.8 Å². The van der Waals surface area contributed by atoms with E-state index < -0.39 is 0 Å². The molecule has 0 aliphatic carbocycles. The second-order valence-electron chi connectivity index (χ2n) is 17.7. The molecule has 1 unspecified atom stereocenters. The van der Waals surface area contributed by atoms with Crippen LogP contribution in [-0.4, -0.2) is 0 Å². The van der Waals surface area contributed by atoms with Gasteiger partial charge in [-0.2, -0.15) is 0 Å². The Morgan fingerprint density at radius 1 is 0.400 bits per heavy atom. The first-order valence-corrected chi connectivity index (χ1v) is 20.2. The Kier molecular flexibility index (Phi) is 10.4. The fourth-order valence-electron chi connectivity index (χ4n) is 7.80. The van der Waals surface area contributed by atoms with Crippen molar-refractivity contribution in [2.24, 2.45) is 0 Å². The third-order valence-electron chi connectivity index (χ3n) is 11.5. The van der Waals surface area contributed by atoms with Crippen molar-refractivity contribution < 1.29 is 0 Å². The van der Waals surface area contributed by atoms with E-state index in [9.17, 15) is 0 Å². The van der Waals surface area contributed by atoms with E-state index in [1.54, 1.807) is 0 Å². The van der Waals surface area contributed by atoms with Crippen LogP contribution in [0.2, 0.25) is 0 Å². The molecular formula is C53H58N2. The summed E-state index contributed by atoms with van der Waals surface area (Å²) in [7, 11) is 0. The summed E-state index contributed by atoms with van der Waals surface area (Å²) in [5.74, 6) is 0.963. The number of hydrogen-bond acceptors (Lipinski definition) is 2. The molecule has 0 heterocycles. The quantitative estimate of drug-likeness (QED) is 0.108. The molecular weight excluding hydrogens is 665 g/mol. The maximum atomic E-state index is 2.49. The van der Waals surface area contributed by atoms with Gasteiger partial charge in [0.05, 0.1) is 11.4 Å². The summed E-state index contributed by atoms with van der Waals surface area (Å²) in [6, 6.07) is 54.9. The molecule has 0 amide bonds. The first-order valence-electron chi connectivity index (χ1n) is 20.2. The van der Waals surface area contributed by atoms with E-state index in [1.807, 2.05) is 0 Å². The van der Waals surface area contributed by atoms with Crippen molar-refractivity contribution in [1.82, 2.24) is 0 Å². The predicted octanol–water partition coefficient (Wildman–Crippen LogP) is 16.2. The third-order valence-corrected chi connectivity index (χ3v) is 11.5. The highest BCUT2D eigenvalue weighted by molar-refractivity contribution is 6.23. The van der Waals surface area contributed by atoms with Crippen LogP contribution < -0.4 is 9.80 Å². The fraction of sp³-hybridized carbons (Fsp3) is 0.283. The van der Waals surface area contributed by atoms with Crippen LogP contribution in [0.3, 0.4) is 0 Å². The van der Waals surface area contributed by atoms with Gasteiger partial charge in [0, 0.05) is 44.3 Å². The van der Waals surface area contributed by atoms with Gasteiger partial charge in [-0.15, -0.1) is 0 Å². The predicted molar refractivity (Wildman–Crippen MR) is 241 cm³/mol. The van der Waals surface area contributed by atoms with Crippen LogP contribution in [0, 0.1) is 0 Å². The summed E-state index contributed by atoms with van der Waals surface area (Å²) in [6.07, 6.45) is 1.11. The minimum atomic E-state index is 0.0598. The lowest BCUT2D eigenvalue weighted by molar-refractivity contribution is 0.590. The van der Waals surface area contributed by atoms with Gasteiger partial charge in [0.2, 0.25) is 0 Å². The van der Waals surface area contributed by atoms with Gasteiger partial charge in [0.15, 0.2) is 0 Å². The van der Waals surface area contributed by atoms with E-state index in [4.69, 9.17) is 0 Å². The standard InChI is InChI=1S/C53H58N2/c1-11-37(4)39-22-30-43(31-23-39)55(45-34-26-41(27-35-45)53(8,9)10)51-48-18-14-12-16-46(48)50(47-17-13-15-19-49(47)51)54(42-28-20-38(21-29-42)36(2)3)44-32-24-40(25-33-44)52(5,6)7/h12-37H,11H2,1-10H3. The monoisotopic (exact) mass is 722 g/mol. The zero-order valence-electron chi connectivity index (χ0n) is 34.6. The number of anilines is 6. The van der Waals surface area contributed by atoms with Crippen LogP contribution in [0.1, 0.15) is 110 Å². The van der Waals surface area contributed by atoms with Crippen molar-refractivity contribution >= 4 is 55.7 Å². The Morgan fingerprint density at radius 3 is 0.964 bits per heavy atom.